The van der Waals surface area contributed by atoms with Gasteiger partial charge in [0.1, 0.15) is 11.6 Å². The molecule has 32 heavy (non-hydrogen) atoms. The van der Waals surface area contributed by atoms with Crippen molar-refractivity contribution >= 4 is 35.0 Å². The van der Waals surface area contributed by atoms with Crippen LogP contribution in [-0.2, 0) is 16.1 Å². The van der Waals surface area contributed by atoms with E-state index in [0.29, 0.717) is 29.8 Å². The van der Waals surface area contributed by atoms with Crippen LogP contribution in [0.15, 0.2) is 47.6 Å². The third kappa shape index (κ3) is 5.28. The van der Waals surface area contributed by atoms with E-state index in [2.05, 4.69) is 15.5 Å². The van der Waals surface area contributed by atoms with Gasteiger partial charge in [-0.15, -0.1) is 10.2 Å². The van der Waals surface area contributed by atoms with E-state index < -0.39 is 11.1 Å². The van der Waals surface area contributed by atoms with Gasteiger partial charge in [-0.2, -0.15) is 0 Å². The first-order valence-electron chi connectivity index (χ1n) is 10.1. The molecule has 168 valence electrons. The zero-order valence-corrected chi connectivity index (χ0v) is 18.8. The molecule has 2 heterocycles. The van der Waals surface area contributed by atoms with Crippen molar-refractivity contribution in [1.29, 1.82) is 0 Å². The lowest BCUT2D eigenvalue weighted by molar-refractivity contribution is -0.115. The van der Waals surface area contributed by atoms with Crippen molar-refractivity contribution in [3.8, 4) is 11.4 Å². The van der Waals surface area contributed by atoms with Crippen molar-refractivity contribution < 1.29 is 18.3 Å². The van der Waals surface area contributed by atoms with Gasteiger partial charge in [-0.25, -0.2) is 8.78 Å². The number of anilines is 1. The van der Waals surface area contributed by atoms with Gasteiger partial charge >= 0.3 is 0 Å². The predicted molar refractivity (Wildman–Crippen MR) is 120 cm³/mol. The maximum atomic E-state index is 13.4. The van der Waals surface area contributed by atoms with Gasteiger partial charge in [-0.05, 0) is 62.2 Å². The zero-order valence-electron chi connectivity index (χ0n) is 17.2. The maximum absolute atomic E-state index is 13.4. The van der Waals surface area contributed by atoms with E-state index in [-0.39, 0.29) is 22.9 Å². The summed E-state index contributed by atoms with van der Waals surface area (Å²) < 4.78 is 34.3. The fraction of sp³-hybridized carbons (Fsp3) is 0.318. The fourth-order valence-electron chi connectivity index (χ4n) is 3.38. The van der Waals surface area contributed by atoms with Gasteiger partial charge in [0.25, 0.3) is 0 Å². The molecule has 0 spiro atoms. The number of benzene rings is 2. The number of hydrogen-bond acceptors (Lipinski definition) is 5. The molecular weight excluding hydrogens is 458 g/mol. The molecule has 1 fully saturated rings. The second kappa shape index (κ2) is 9.97. The van der Waals surface area contributed by atoms with Crippen LogP contribution in [0.2, 0.25) is 5.02 Å². The van der Waals surface area contributed by atoms with Crippen LogP contribution < -0.4 is 5.32 Å². The number of carbonyl (C=O) groups is 1. The first-order chi connectivity index (χ1) is 15.4. The number of rotatable bonds is 7. The van der Waals surface area contributed by atoms with Gasteiger partial charge in [-0.3, -0.25) is 9.36 Å². The van der Waals surface area contributed by atoms with Gasteiger partial charge in [0.15, 0.2) is 11.0 Å². The highest BCUT2D eigenvalue weighted by atomic mass is 35.5. The monoisotopic (exact) mass is 478 g/mol. The van der Waals surface area contributed by atoms with E-state index in [4.69, 9.17) is 16.3 Å². The lowest BCUT2D eigenvalue weighted by atomic mass is 10.2. The van der Waals surface area contributed by atoms with Crippen LogP contribution in [0.5, 0.6) is 0 Å². The molecule has 4 rings (SSSR count). The average molecular weight is 479 g/mol. The molecule has 1 amide bonds. The highest BCUT2D eigenvalue weighted by Crippen LogP contribution is 2.30. The highest BCUT2D eigenvalue weighted by molar-refractivity contribution is 8.00. The second-order valence-corrected chi connectivity index (χ2v) is 9.15. The molecule has 2 atom stereocenters. The first-order valence-corrected chi connectivity index (χ1v) is 11.4. The van der Waals surface area contributed by atoms with E-state index in [1.165, 1.54) is 36.0 Å². The van der Waals surface area contributed by atoms with Gasteiger partial charge in [0.2, 0.25) is 5.91 Å². The molecule has 1 aromatic heterocycles. The Morgan fingerprint density at radius 2 is 2.00 bits per heavy atom. The fourth-order valence-corrected chi connectivity index (χ4v) is 4.45. The summed E-state index contributed by atoms with van der Waals surface area (Å²) in [5, 5.41) is 11.4. The van der Waals surface area contributed by atoms with Gasteiger partial charge < -0.3 is 10.1 Å². The Morgan fingerprint density at radius 1 is 1.25 bits per heavy atom. The van der Waals surface area contributed by atoms with Gasteiger partial charge in [0, 0.05) is 12.2 Å². The molecule has 1 N–H and O–H groups in total. The molecular formula is C22H21ClF2N4O2S. The smallest absolute Gasteiger partial charge is 0.237 e. The minimum Gasteiger partial charge on any atom is -0.376 e. The highest BCUT2D eigenvalue weighted by Gasteiger charge is 2.25. The lowest BCUT2D eigenvalue weighted by Crippen LogP contribution is -2.24. The summed E-state index contributed by atoms with van der Waals surface area (Å²) in [4.78, 5) is 12.7. The third-order valence-electron chi connectivity index (χ3n) is 5.07. The van der Waals surface area contributed by atoms with E-state index in [0.717, 1.165) is 24.5 Å². The van der Waals surface area contributed by atoms with Crippen LogP contribution in [0.4, 0.5) is 14.5 Å². The Bertz CT molecular complexity index is 1100. The molecule has 1 saturated heterocycles. The number of amides is 1. The number of thioether (sulfide) groups is 1. The predicted octanol–water partition coefficient (Wildman–Crippen LogP) is 5.18. The second-order valence-electron chi connectivity index (χ2n) is 7.43. The number of halogens is 3. The number of nitrogens with zero attached hydrogens (tertiary/aromatic N) is 3. The average Bonchev–Trinajstić information content (AvgIpc) is 3.41. The largest absolute Gasteiger partial charge is 0.376 e. The van der Waals surface area contributed by atoms with Crippen molar-refractivity contribution in [2.75, 3.05) is 11.9 Å². The lowest BCUT2D eigenvalue weighted by Gasteiger charge is -2.17. The summed E-state index contributed by atoms with van der Waals surface area (Å²) in [7, 11) is 0. The molecule has 0 bridgehead atoms. The van der Waals surface area contributed by atoms with Crippen molar-refractivity contribution in [3.05, 3.63) is 59.1 Å². The molecule has 10 heteroatoms. The summed E-state index contributed by atoms with van der Waals surface area (Å²) in [6, 6.07) is 9.82. The maximum Gasteiger partial charge on any atom is 0.237 e. The number of carbonyl (C=O) groups excluding carboxylic acids is 1. The Kier molecular flexibility index (Phi) is 7.07. The topological polar surface area (TPSA) is 69.0 Å². The van der Waals surface area contributed by atoms with Gasteiger partial charge in [0.05, 0.1) is 28.6 Å². The first kappa shape index (κ1) is 22.7. The summed E-state index contributed by atoms with van der Waals surface area (Å²) in [6.45, 7) is 2.97. The minimum absolute atomic E-state index is 0.0201. The molecule has 1 aliphatic rings. The van der Waals surface area contributed by atoms with Crippen LogP contribution in [0.25, 0.3) is 11.4 Å². The van der Waals surface area contributed by atoms with Crippen molar-refractivity contribution in [2.45, 2.75) is 42.8 Å². The summed E-state index contributed by atoms with van der Waals surface area (Å²) in [5.41, 5.74) is 1.05. The standard InChI is InChI=1S/C22H21ClF2N4O2S/c1-13(21(30)26-19-9-8-16(25)11-18(19)23)32-22-28-27-20(14-4-6-15(24)7-5-14)29(22)12-17-3-2-10-31-17/h4-9,11,13,17H,2-3,10,12H2,1H3,(H,26,30). The minimum atomic E-state index is -0.537. The molecule has 2 unspecified atom stereocenters. The molecule has 1 aliphatic heterocycles. The Hall–Kier alpha value is -2.49. The van der Waals surface area contributed by atoms with E-state index in [1.54, 1.807) is 19.1 Å². The summed E-state index contributed by atoms with van der Waals surface area (Å²) >= 11 is 7.25. The third-order valence-corrected chi connectivity index (χ3v) is 6.46. The van der Waals surface area contributed by atoms with Crippen molar-refractivity contribution in [3.63, 3.8) is 0 Å². The van der Waals surface area contributed by atoms with Crippen molar-refractivity contribution in [1.82, 2.24) is 14.8 Å². The molecule has 0 radical (unpaired) electrons. The molecule has 0 saturated carbocycles. The van der Waals surface area contributed by atoms with E-state index in [9.17, 15) is 13.6 Å². The molecule has 0 aliphatic carbocycles. The number of hydrogen-bond donors (Lipinski definition) is 1. The van der Waals surface area contributed by atoms with Crippen LogP contribution in [-0.4, -0.2) is 38.6 Å². The number of aromatic nitrogens is 3. The number of nitrogens with one attached hydrogen (secondary N) is 1. The quantitative estimate of drug-likeness (QED) is 0.474. The van der Waals surface area contributed by atoms with Crippen molar-refractivity contribution in [2.24, 2.45) is 0 Å². The van der Waals surface area contributed by atoms with E-state index >= 15 is 0 Å². The van der Waals surface area contributed by atoms with Crippen LogP contribution in [0, 0.1) is 11.6 Å². The summed E-state index contributed by atoms with van der Waals surface area (Å²) in [5.74, 6) is -0.542. The Labute approximate surface area is 193 Å². The van der Waals surface area contributed by atoms with Crippen LogP contribution >= 0.6 is 23.4 Å². The summed E-state index contributed by atoms with van der Waals surface area (Å²) in [6.07, 6.45) is 1.93. The van der Waals surface area contributed by atoms with Gasteiger partial charge in [-0.1, -0.05) is 23.4 Å². The normalized spacial score (nSPS) is 16.8. The molecule has 6 nitrogen and oxygen atoms in total. The number of ether oxygens (including phenoxy) is 1. The van der Waals surface area contributed by atoms with Crippen LogP contribution in [0.3, 0.4) is 0 Å². The Morgan fingerprint density at radius 3 is 2.69 bits per heavy atom. The van der Waals surface area contributed by atoms with E-state index in [1.807, 2.05) is 4.57 Å². The van der Waals surface area contributed by atoms with Crippen LogP contribution in [0.1, 0.15) is 19.8 Å². The Balaban J connectivity index is 1.55. The zero-order chi connectivity index (χ0) is 22.7. The molecule has 3 aromatic rings. The molecule has 2 aromatic carbocycles. The SMILES string of the molecule is CC(Sc1nnc(-c2ccc(F)cc2)n1CC1CCCO1)C(=O)Nc1ccc(F)cc1Cl.